The molecular formula is C17H19N5O4S. The average Bonchev–Trinajstić information content (AvgIpc) is 3.08. The highest BCUT2D eigenvalue weighted by Crippen LogP contribution is 2.32. The summed E-state index contributed by atoms with van der Waals surface area (Å²) in [4.78, 5) is 19.8. The Morgan fingerprint density at radius 2 is 2.00 bits per heavy atom. The molecule has 1 N–H and O–H groups in total. The molecule has 1 amide bonds. The lowest BCUT2D eigenvalue weighted by atomic mass is 10.0. The van der Waals surface area contributed by atoms with E-state index in [-0.39, 0.29) is 0 Å². The van der Waals surface area contributed by atoms with Crippen molar-refractivity contribution in [3.8, 4) is 11.1 Å². The number of pyridine rings is 2. The number of aryl methyl sites for hydroxylation is 1. The number of ether oxygens (including phenoxy) is 1. The molecule has 0 aliphatic carbocycles. The molecule has 9 nitrogen and oxygen atoms in total. The van der Waals surface area contributed by atoms with Crippen LogP contribution in [0.3, 0.4) is 0 Å². The minimum Gasteiger partial charge on any atom is -0.453 e. The van der Waals surface area contributed by atoms with Gasteiger partial charge in [-0.3, -0.25) is 10.3 Å². The summed E-state index contributed by atoms with van der Waals surface area (Å²) in [5, 5.41) is 3.23. The third-order valence-corrected chi connectivity index (χ3v) is 5.79. The number of rotatable bonds is 4. The first-order valence-electron chi connectivity index (χ1n) is 7.96. The summed E-state index contributed by atoms with van der Waals surface area (Å²) in [5.74, 6) is 0.313. The highest BCUT2D eigenvalue weighted by molar-refractivity contribution is 7.87. The number of nitrogens with one attached hydrogen (secondary N) is 1. The molecule has 10 heteroatoms. The minimum absolute atomic E-state index is 0.313. The fourth-order valence-corrected chi connectivity index (χ4v) is 3.73. The van der Waals surface area contributed by atoms with Crippen molar-refractivity contribution in [1.82, 2.24) is 18.2 Å². The molecule has 3 aromatic heterocycles. The van der Waals surface area contributed by atoms with Crippen molar-refractivity contribution < 1.29 is 17.9 Å². The van der Waals surface area contributed by atoms with Gasteiger partial charge in [0.1, 0.15) is 5.82 Å². The van der Waals surface area contributed by atoms with Gasteiger partial charge < -0.3 is 4.74 Å². The molecule has 0 aliphatic rings. The van der Waals surface area contributed by atoms with Crippen molar-refractivity contribution in [2.24, 2.45) is 0 Å². The Morgan fingerprint density at radius 3 is 2.67 bits per heavy atom. The first-order valence-corrected chi connectivity index (χ1v) is 9.36. The van der Waals surface area contributed by atoms with E-state index < -0.39 is 16.3 Å². The number of aromatic nitrogens is 3. The third-order valence-electron chi connectivity index (χ3n) is 4.07. The van der Waals surface area contributed by atoms with Crippen LogP contribution in [-0.2, 0) is 14.9 Å². The molecule has 0 aromatic carbocycles. The lowest BCUT2D eigenvalue weighted by Crippen LogP contribution is -2.28. The van der Waals surface area contributed by atoms with E-state index in [1.165, 1.54) is 31.4 Å². The maximum absolute atomic E-state index is 12.6. The molecule has 0 radical (unpaired) electrons. The Balaban J connectivity index is 2.18. The zero-order valence-electron chi connectivity index (χ0n) is 15.3. The number of amides is 1. The lowest BCUT2D eigenvalue weighted by Gasteiger charge is -2.14. The second-order valence-electron chi connectivity index (χ2n) is 5.97. The first-order chi connectivity index (χ1) is 12.8. The third kappa shape index (κ3) is 3.36. The zero-order chi connectivity index (χ0) is 19.8. The first kappa shape index (κ1) is 18.8. The Hall–Kier alpha value is -2.98. The van der Waals surface area contributed by atoms with Crippen LogP contribution in [-0.4, -0.2) is 54.0 Å². The molecule has 0 unspecified atom stereocenters. The zero-order valence-corrected chi connectivity index (χ0v) is 16.1. The quantitative estimate of drug-likeness (QED) is 0.733. The van der Waals surface area contributed by atoms with Gasteiger partial charge in [0.15, 0.2) is 0 Å². The van der Waals surface area contributed by atoms with Crippen molar-refractivity contribution in [2.45, 2.75) is 6.92 Å². The van der Waals surface area contributed by atoms with E-state index in [0.717, 1.165) is 20.8 Å². The molecule has 3 heterocycles. The van der Waals surface area contributed by atoms with E-state index >= 15 is 0 Å². The molecular weight excluding hydrogens is 370 g/mol. The molecule has 0 aliphatic heterocycles. The van der Waals surface area contributed by atoms with E-state index in [0.29, 0.717) is 17.0 Å². The number of carbonyl (C=O) groups is 1. The van der Waals surface area contributed by atoms with Gasteiger partial charge in [-0.2, -0.15) is 12.7 Å². The highest BCUT2D eigenvalue weighted by Gasteiger charge is 2.21. The summed E-state index contributed by atoms with van der Waals surface area (Å²) in [5.41, 5.74) is 2.54. The van der Waals surface area contributed by atoms with Gasteiger partial charge in [0.05, 0.1) is 18.3 Å². The van der Waals surface area contributed by atoms with Gasteiger partial charge in [0, 0.05) is 43.6 Å². The van der Waals surface area contributed by atoms with Gasteiger partial charge in [0.25, 0.3) is 0 Å². The Morgan fingerprint density at radius 1 is 1.26 bits per heavy atom. The normalized spacial score (nSPS) is 11.7. The van der Waals surface area contributed by atoms with Crippen LogP contribution in [0.15, 0.2) is 36.8 Å². The number of fused-ring (bicyclic) bond motifs is 1. The van der Waals surface area contributed by atoms with Crippen LogP contribution in [0.1, 0.15) is 5.69 Å². The highest BCUT2D eigenvalue weighted by atomic mass is 32.2. The molecule has 0 bridgehead atoms. The van der Waals surface area contributed by atoms with Crippen molar-refractivity contribution in [3.63, 3.8) is 0 Å². The Kier molecular flexibility index (Phi) is 4.85. The second kappa shape index (κ2) is 6.97. The van der Waals surface area contributed by atoms with Crippen LogP contribution in [0.4, 0.5) is 10.6 Å². The van der Waals surface area contributed by atoms with Gasteiger partial charge in [-0.05, 0) is 30.7 Å². The summed E-state index contributed by atoms with van der Waals surface area (Å²) in [6, 6.07) is 5.15. The van der Waals surface area contributed by atoms with Gasteiger partial charge in [-0.25, -0.2) is 13.8 Å². The monoisotopic (exact) mass is 389 g/mol. The molecule has 0 atom stereocenters. The van der Waals surface area contributed by atoms with Crippen LogP contribution in [0.25, 0.3) is 22.0 Å². The predicted octanol–water partition coefficient (Wildman–Crippen LogP) is 2.24. The fourth-order valence-electron chi connectivity index (χ4n) is 2.70. The van der Waals surface area contributed by atoms with Crippen LogP contribution in [0.5, 0.6) is 0 Å². The van der Waals surface area contributed by atoms with E-state index in [2.05, 4.69) is 20.0 Å². The van der Waals surface area contributed by atoms with Gasteiger partial charge in [0.2, 0.25) is 0 Å². The summed E-state index contributed by atoms with van der Waals surface area (Å²) < 4.78 is 32.1. The van der Waals surface area contributed by atoms with Crippen molar-refractivity contribution >= 4 is 33.0 Å². The van der Waals surface area contributed by atoms with Crippen LogP contribution >= 0.6 is 0 Å². The number of hydrogen-bond donors (Lipinski definition) is 1. The van der Waals surface area contributed by atoms with Gasteiger partial charge in [-0.1, -0.05) is 0 Å². The standard InChI is InChI=1S/C17H19N5O4S/c1-11-16-13(6-8-22(16)27(24,25)21(2)3)14(10-19-11)12-5-7-18-15(9-12)20-17(23)26-4/h5-10H,1-4H3,(H,18,20,23). The topological polar surface area (TPSA) is 106 Å². The summed E-state index contributed by atoms with van der Waals surface area (Å²) in [6.07, 6.45) is 4.09. The van der Waals surface area contributed by atoms with Crippen LogP contribution in [0, 0.1) is 6.92 Å². The number of nitrogens with zero attached hydrogens (tertiary/aromatic N) is 4. The van der Waals surface area contributed by atoms with E-state index in [1.54, 1.807) is 37.5 Å². The fraction of sp³-hybridized carbons (Fsp3) is 0.235. The number of methoxy groups -OCH3 is 1. The number of carbonyl (C=O) groups excluding carboxylic acids is 1. The minimum atomic E-state index is -3.68. The predicted molar refractivity (Wildman–Crippen MR) is 102 cm³/mol. The lowest BCUT2D eigenvalue weighted by molar-refractivity contribution is 0.187. The number of anilines is 1. The molecule has 142 valence electrons. The van der Waals surface area contributed by atoms with Crippen molar-refractivity contribution in [1.29, 1.82) is 0 Å². The smallest absolute Gasteiger partial charge is 0.412 e. The van der Waals surface area contributed by atoms with Gasteiger partial charge in [-0.15, -0.1) is 0 Å². The number of hydrogen-bond acceptors (Lipinski definition) is 6. The van der Waals surface area contributed by atoms with Crippen LogP contribution in [0.2, 0.25) is 0 Å². The van der Waals surface area contributed by atoms with Crippen molar-refractivity contribution in [2.75, 3.05) is 26.5 Å². The molecule has 27 heavy (non-hydrogen) atoms. The van der Waals surface area contributed by atoms with E-state index in [1.807, 2.05) is 0 Å². The summed E-state index contributed by atoms with van der Waals surface area (Å²) in [7, 11) is 0.527. The molecule has 0 saturated carbocycles. The SMILES string of the molecule is COC(=O)Nc1cc(-c2cnc(C)c3c2ccn3S(=O)(=O)N(C)C)ccn1. The Labute approximate surface area is 156 Å². The van der Waals surface area contributed by atoms with E-state index in [9.17, 15) is 13.2 Å². The molecule has 3 rings (SSSR count). The van der Waals surface area contributed by atoms with E-state index in [4.69, 9.17) is 0 Å². The maximum Gasteiger partial charge on any atom is 0.412 e. The molecule has 0 saturated heterocycles. The summed E-state index contributed by atoms with van der Waals surface area (Å²) in [6.45, 7) is 1.75. The van der Waals surface area contributed by atoms with Crippen LogP contribution < -0.4 is 5.32 Å². The average molecular weight is 389 g/mol. The summed E-state index contributed by atoms with van der Waals surface area (Å²) >= 11 is 0. The largest absolute Gasteiger partial charge is 0.453 e. The molecule has 3 aromatic rings. The maximum atomic E-state index is 12.6. The molecule has 0 spiro atoms. The van der Waals surface area contributed by atoms with Crippen molar-refractivity contribution in [3.05, 3.63) is 42.5 Å². The Bertz CT molecular complexity index is 1120. The second-order valence-corrected chi connectivity index (χ2v) is 7.99. The van der Waals surface area contributed by atoms with Gasteiger partial charge >= 0.3 is 16.3 Å². The molecule has 0 fully saturated rings.